The van der Waals surface area contributed by atoms with E-state index in [2.05, 4.69) is 11.2 Å². The molecule has 96 valence electrons. The zero-order valence-electron chi connectivity index (χ0n) is 10.5. The van der Waals surface area contributed by atoms with Crippen LogP contribution >= 0.6 is 0 Å². The molecule has 0 aliphatic rings. The molecule has 0 saturated heterocycles. The molecule has 0 aliphatic carbocycles. The van der Waals surface area contributed by atoms with E-state index < -0.39 is 0 Å². The van der Waals surface area contributed by atoms with Crippen LogP contribution in [0.3, 0.4) is 0 Å². The molecule has 1 rings (SSSR count). The summed E-state index contributed by atoms with van der Waals surface area (Å²) < 4.78 is 5.37. The Labute approximate surface area is 108 Å². The second-order valence-corrected chi connectivity index (χ2v) is 4.10. The van der Waals surface area contributed by atoms with Gasteiger partial charge in [-0.25, -0.2) is 0 Å². The fraction of sp³-hybridized carbons (Fsp3) is 0.357. The minimum absolute atomic E-state index is 0.0384. The highest BCUT2D eigenvalue weighted by atomic mass is 16.5. The zero-order valence-corrected chi connectivity index (χ0v) is 10.5. The van der Waals surface area contributed by atoms with Crippen molar-refractivity contribution >= 4 is 5.91 Å². The number of ether oxygens (including phenoxy) is 1. The smallest absolute Gasteiger partial charge is 0.258 e. The number of nitrogens with two attached hydrogens (primary N) is 1. The molecule has 0 saturated carbocycles. The highest BCUT2D eigenvalue weighted by Crippen LogP contribution is 2.14. The van der Waals surface area contributed by atoms with Crippen LogP contribution in [0.1, 0.15) is 12.5 Å². The average molecular weight is 246 g/mol. The van der Waals surface area contributed by atoms with E-state index in [-0.39, 0.29) is 25.1 Å². The fourth-order valence-electron chi connectivity index (χ4n) is 1.48. The number of hydrogen-bond donors (Lipinski definition) is 2. The Hall–Kier alpha value is -1.99. The first-order valence-corrected chi connectivity index (χ1v) is 5.79. The lowest BCUT2D eigenvalue weighted by molar-refractivity contribution is -0.122. The molecule has 0 radical (unpaired) electrons. The minimum atomic E-state index is -0.231. The SMILES string of the molecule is C#CCNC(=O)COc1cccc(CC(C)N)c1. The van der Waals surface area contributed by atoms with E-state index in [1.54, 1.807) is 6.07 Å². The molecule has 0 spiro atoms. The van der Waals surface area contributed by atoms with E-state index in [0.29, 0.717) is 5.75 Å². The average Bonchev–Trinajstić information content (AvgIpc) is 2.33. The van der Waals surface area contributed by atoms with Crippen molar-refractivity contribution in [1.29, 1.82) is 0 Å². The largest absolute Gasteiger partial charge is 0.484 e. The number of carbonyl (C=O) groups excluding carboxylic acids is 1. The van der Waals surface area contributed by atoms with E-state index in [1.165, 1.54) is 0 Å². The van der Waals surface area contributed by atoms with Crippen molar-refractivity contribution in [2.24, 2.45) is 5.73 Å². The van der Waals surface area contributed by atoms with Crippen LogP contribution in [-0.4, -0.2) is 25.1 Å². The van der Waals surface area contributed by atoms with Gasteiger partial charge in [-0.1, -0.05) is 18.1 Å². The lowest BCUT2D eigenvalue weighted by Gasteiger charge is -2.09. The van der Waals surface area contributed by atoms with Crippen LogP contribution in [0.25, 0.3) is 0 Å². The van der Waals surface area contributed by atoms with Crippen molar-refractivity contribution in [3.05, 3.63) is 29.8 Å². The van der Waals surface area contributed by atoms with Crippen molar-refractivity contribution in [2.45, 2.75) is 19.4 Å². The Balaban J connectivity index is 2.47. The van der Waals surface area contributed by atoms with Crippen LogP contribution in [-0.2, 0) is 11.2 Å². The summed E-state index contributed by atoms with van der Waals surface area (Å²) in [7, 11) is 0. The molecule has 1 unspecified atom stereocenters. The quantitative estimate of drug-likeness (QED) is 0.726. The maximum atomic E-state index is 11.3. The third-order valence-electron chi connectivity index (χ3n) is 2.21. The summed E-state index contributed by atoms with van der Waals surface area (Å²) in [5.74, 6) is 2.75. The molecule has 4 nitrogen and oxygen atoms in total. The summed E-state index contributed by atoms with van der Waals surface area (Å²) in [5.41, 5.74) is 6.82. The van der Waals surface area contributed by atoms with Crippen LogP contribution in [0.15, 0.2) is 24.3 Å². The molecule has 3 N–H and O–H groups in total. The van der Waals surface area contributed by atoms with Gasteiger partial charge in [-0.3, -0.25) is 4.79 Å². The molecule has 0 fully saturated rings. The molecule has 0 aromatic heterocycles. The lowest BCUT2D eigenvalue weighted by atomic mass is 10.1. The van der Waals surface area contributed by atoms with Gasteiger partial charge in [-0.05, 0) is 31.0 Å². The van der Waals surface area contributed by atoms with Crippen molar-refractivity contribution in [1.82, 2.24) is 5.32 Å². The number of rotatable bonds is 6. The predicted molar refractivity (Wildman–Crippen MR) is 71.1 cm³/mol. The topological polar surface area (TPSA) is 64.3 Å². The van der Waals surface area contributed by atoms with Gasteiger partial charge in [0, 0.05) is 6.04 Å². The monoisotopic (exact) mass is 246 g/mol. The molecule has 0 bridgehead atoms. The minimum Gasteiger partial charge on any atom is -0.484 e. The van der Waals surface area contributed by atoms with Gasteiger partial charge >= 0.3 is 0 Å². The first-order chi connectivity index (χ1) is 8.61. The van der Waals surface area contributed by atoms with Crippen LogP contribution in [0.4, 0.5) is 0 Å². The molecule has 0 aliphatic heterocycles. The third-order valence-corrected chi connectivity index (χ3v) is 2.21. The highest BCUT2D eigenvalue weighted by molar-refractivity contribution is 5.77. The van der Waals surface area contributed by atoms with E-state index in [1.807, 2.05) is 25.1 Å². The Morgan fingerprint density at radius 3 is 3.06 bits per heavy atom. The molecular formula is C14H18N2O2. The normalized spacial score (nSPS) is 11.4. The predicted octanol–water partition coefficient (Wildman–Crippen LogP) is 0.704. The second-order valence-electron chi connectivity index (χ2n) is 4.10. The van der Waals surface area contributed by atoms with E-state index in [4.69, 9.17) is 16.9 Å². The molecule has 1 aromatic rings. The van der Waals surface area contributed by atoms with Gasteiger partial charge in [0.25, 0.3) is 5.91 Å². The number of benzene rings is 1. The highest BCUT2D eigenvalue weighted by Gasteiger charge is 2.03. The summed E-state index contributed by atoms with van der Waals surface area (Å²) in [6.45, 7) is 2.12. The summed E-state index contributed by atoms with van der Waals surface area (Å²) in [6.07, 6.45) is 5.81. The summed E-state index contributed by atoms with van der Waals surface area (Å²) in [5, 5.41) is 2.53. The van der Waals surface area contributed by atoms with Crippen LogP contribution in [0.2, 0.25) is 0 Å². The van der Waals surface area contributed by atoms with Gasteiger partial charge in [-0.15, -0.1) is 6.42 Å². The number of hydrogen-bond acceptors (Lipinski definition) is 3. The van der Waals surface area contributed by atoms with Crippen LogP contribution < -0.4 is 15.8 Å². The van der Waals surface area contributed by atoms with E-state index >= 15 is 0 Å². The first kappa shape index (κ1) is 14.1. The third kappa shape index (κ3) is 5.37. The van der Waals surface area contributed by atoms with Gasteiger partial charge in [0.05, 0.1) is 6.54 Å². The standard InChI is InChI=1S/C14H18N2O2/c1-3-7-16-14(17)10-18-13-6-4-5-12(9-13)8-11(2)15/h1,4-6,9,11H,7-8,10,15H2,2H3,(H,16,17). The molecule has 1 aromatic carbocycles. The molecule has 0 heterocycles. The maximum absolute atomic E-state index is 11.3. The van der Waals surface area contributed by atoms with Crippen molar-refractivity contribution in [3.63, 3.8) is 0 Å². The number of terminal acetylenes is 1. The zero-order chi connectivity index (χ0) is 13.4. The summed E-state index contributed by atoms with van der Waals surface area (Å²) >= 11 is 0. The molecule has 1 atom stereocenters. The second kappa shape index (κ2) is 7.36. The van der Waals surface area contributed by atoms with Crippen molar-refractivity contribution in [3.8, 4) is 18.1 Å². The summed E-state index contributed by atoms with van der Waals surface area (Å²) in [4.78, 5) is 11.3. The molecule has 4 heteroatoms. The molecular weight excluding hydrogens is 228 g/mol. The Morgan fingerprint density at radius 2 is 2.39 bits per heavy atom. The number of carbonyl (C=O) groups is 1. The Bertz CT molecular complexity index is 436. The molecule has 1 amide bonds. The fourth-order valence-corrected chi connectivity index (χ4v) is 1.48. The van der Waals surface area contributed by atoms with Gasteiger partial charge in [0.15, 0.2) is 6.61 Å². The van der Waals surface area contributed by atoms with Crippen LogP contribution in [0.5, 0.6) is 5.75 Å². The molecule has 18 heavy (non-hydrogen) atoms. The van der Waals surface area contributed by atoms with Gasteiger partial charge in [0.1, 0.15) is 5.75 Å². The Morgan fingerprint density at radius 1 is 1.61 bits per heavy atom. The van der Waals surface area contributed by atoms with Crippen LogP contribution in [0, 0.1) is 12.3 Å². The first-order valence-electron chi connectivity index (χ1n) is 5.79. The van der Waals surface area contributed by atoms with Crippen molar-refractivity contribution < 1.29 is 9.53 Å². The lowest BCUT2D eigenvalue weighted by Crippen LogP contribution is -2.29. The Kier molecular flexibility index (Phi) is 5.75. The van der Waals surface area contributed by atoms with E-state index in [0.717, 1.165) is 12.0 Å². The number of nitrogens with one attached hydrogen (secondary N) is 1. The van der Waals surface area contributed by atoms with Gasteiger partial charge in [-0.2, -0.15) is 0 Å². The van der Waals surface area contributed by atoms with Gasteiger partial charge in [0.2, 0.25) is 0 Å². The van der Waals surface area contributed by atoms with Gasteiger partial charge < -0.3 is 15.8 Å². The van der Waals surface area contributed by atoms with Crippen molar-refractivity contribution in [2.75, 3.05) is 13.2 Å². The van der Waals surface area contributed by atoms with E-state index in [9.17, 15) is 4.79 Å². The number of amides is 1. The maximum Gasteiger partial charge on any atom is 0.258 e. The summed E-state index contributed by atoms with van der Waals surface area (Å²) in [6, 6.07) is 7.65.